The Bertz CT molecular complexity index is 1060. The first-order valence-corrected chi connectivity index (χ1v) is 9.16. The van der Waals surface area contributed by atoms with E-state index in [9.17, 15) is 9.59 Å². The second-order valence-electron chi connectivity index (χ2n) is 6.79. The van der Waals surface area contributed by atoms with Crippen LogP contribution in [0.1, 0.15) is 27.9 Å². The van der Waals surface area contributed by atoms with Gasteiger partial charge >= 0.3 is 0 Å². The van der Waals surface area contributed by atoms with Gasteiger partial charge in [0.05, 0.1) is 5.69 Å². The minimum atomic E-state index is -0.222. The van der Waals surface area contributed by atoms with Crippen LogP contribution >= 0.6 is 0 Å². The highest BCUT2D eigenvalue weighted by atomic mass is 16.5. The van der Waals surface area contributed by atoms with E-state index in [2.05, 4.69) is 10.6 Å². The summed E-state index contributed by atoms with van der Waals surface area (Å²) in [5.74, 6) is 1.07. The lowest BCUT2D eigenvalue weighted by Gasteiger charge is -2.18. The molecular formula is C23H20N2O3. The van der Waals surface area contributed by atoms with Gasteiger partial charge in [0.15, 0.2) is 5.75 Å². The molecule has 1 aliphatic heterocycles. The molecule has 0 fully saturated rings. The zero-order valence-corrected chi connectivity index (χ0v) is 15.5. The van der Waals surface area contributed by atoms with Crippen molar-refractivity contribution in [3.05, 3.63) is 83.4 Å². The highest BCUT2D eigenvalue weighted by Gasteiger charge is 2.17. The minimum absolute atomic E-state index is 0.00641. The number of amides is 2. The molecule has 5 heteroatoms. The molecule has 4 rings (SSSR count). The second-order valence-corrected chi connectivity index (χ2v) is 6.79. The predicted molar refractivity (Wildman–Crippen MR) is 109 cm³/mol. The van der Waals surface area contributed by atoms with Gasteiger partial charge in [0.1, 0.15) is 5.75 Å². The van der Waals surface area contributed by atoms with E-state index in [0.717, 1.165) is 16.8 Å². The fraction of sp³-hybridized carbons (Fsp3) is 0.130. The highest BCUT2D eigenvalue weighted by molar-refractivity contribution is 6.06. The van der Waals surface area contributed by atoms with Crippen molar-refractivity contribution in [1.29, 1.82) is 0 Å². The molecule has 0 aliphatic carbocycles. The molecule has 28 heavy (non-hydrogen) atoms. The summed E-state index contributed by atoms with van der Waals surface area (Å²) >= 11 is 0. The van der Waals surface area contributed by atoms with Crippen LogP contribution in [0.15, 0.2) is 66.7 Å². The summed E-state index contributed by atoms with van der Waals surface area (Å²) in [6.45, 7) is 2.00. The molecule has 0 bridgehead atoms. The molecule has 1 aliphatic rings. The average molecular weight is 372 g/mol. The highest BCUT2D eigenvalue weighted by Crippen LogP contribution is 2.30. The molecule has 0 unspecified atom stereocenters. The topological polar surface area (TPSA) is 67.4 Å². The van der Waals surface area contributed by atoms with Crippen molar-refractivity contribution in [2.45, 2.75) is 19.8 Å². The van der Waals surface area contributed by atoms with Gasteiger partial charge in [-0.1, -0.05) is 24.3 Å². The number of hydrogen-bond donors (Lipinski definition) is 2. The smallest absolute Gasteiger partial charge is 0.255 e. The molecule has 1 heterocycles. The summed E-state index contributed by atoms with van der Waals surface area (Å²) in [4.78, 5) is 24.3. The Labute approximate surface area is 163 Å². The quantitative estimate of drug-likeness (QED) is 0.683. The lowest BCUT2D eigenvalue weighted by atomic mass is 10.00. The summed E-state index contributed by atoms with van der Waals surface area (Å²) in [5, 5.41) is 5.75. The van der Waals surface area contributed by atoms with Gasteiger partial charge in [-0.25, -0.2) is 0 Å². The monoisotopic (exact) mass is 372 g/mol. The van der Waals surface area contributed by atoms with E-state index in [1.54, 1.807) is 12.1 Å². The van der Waals surface area contributed by atoms with Gasteiger partial charge in [-0.15, -0.1) is 0 Å². The Balaban J connectivity index is 1.54. The van der Waals surface area contributed by atoms with Crippen molar-refractivity contribution in [1.82, 2.24) is 0 Å². The Hall–Kier alpha value is -3.60. The van der Waals surface area contributed by atoms with Crippen molar-refractivity contribution in [3.8, 4) is 11.5 Å². The van der Waals surface area contributed by atoms with Crippen molar-refractivity contribution in [2.75, 3.05) is 10.6 Å². The lowest BCUT2D eigenvalue weighted by Crippen LogP contribution is -2.20. The van der Waals surface area contributed by atoms with Gasteiger partial charge in [-0.3, -0.25) is 9.59 Å². The molecule has 3 aromatic rings. The number of carbonyl (C=O) groups excluding carboxylic acids is 2. The molecular weight excluding hydrogens is 352 g/mol. The number of carbonyl (C=O) groups is 2. The van der Waals surface area contributed by atoms with Crippen LogP contribution in [0.4, 0.5) is 11.4 Å². The van der Waals surface area contributed by atoms with E-state index in [4.69, 9.17) is 4.74 Å². The van der Waals surface area contributed by atoms with Crippen molar-refractivity contribution >= 4 is 23.2 Å². The SMILES string of the molecule is Cc1cccc(Oc2ccccc2NC(=O)c2ccc3c(c2)CCC(=O)N3)c1. The molecule has 2 N–H and O–H groups in total. The number of anilines is 2. The summed E-state index contributed by atoms with van der Waals surface area (Å²) in [6.07, 6.45) is 1.07. The van der Waals surface area contributed by atoms with Crippen LogP contribution < -0.4 is 15.4 Å². The van der Waals surface area contributed by atoms with Gasteiger partial charge in [0, 0.05) is 17.7 Å². The number of benzene rings is 3. The zero-order valence-electron chi connectivity index (χ0n) is 15.5. The third kappa shape index (κ3) is 3.88. The standard InChI is InChI=1S/C23H20N2O3/c1-15-5-4-6-18(13-15)28-21-8-3-2-7-20(21)25-23(27)17-9-11-19-16(14-17)10-12-22(26)24-19/h2-9,11,13-14H,10,12H2,1H3,(H,24,26)(H,25,27). The lowest BCUT2D eigenvalue weighted by molar-refractivity contribution is -0.116. The van der Waals surface area contributed by atoms with E-state index in [1.165, 1.54) is 0 Å². The van der Waals surface area contributed by atoms with Gasteiger partial charge in [0.25, 0.3) is 5.91 Å². The number of fused-ring (bicyclic) bond motifs is 1. The van der Waals surface area contributed by atoms with Crippen molar-refractivity contribution in [2.24, 2.45) is 0 Å². The third-order valence-corrected chi connectivity index (χ3v) is 4.62. The number of hydrogen-bond acceptors (Lipinski definition) is 3. The van der Waals surface area contributed by atoms with E-state index < -0.39 is 0 Å². The van der Waals surface area contributed by atoms with Crippen LogP contribution in [-0.2, 0) is 11.2 Å². The van der Waals surface area contributed by atoms with E-state index in [0.29, 0.717) is 35.6 Å². The number of para-hydroxylation sites is 2. The molecule has 5 nitrogen and oxygen atoms in total. The maximum atomic E-state index is 12.8. The zero-order chi connectivity index (χ0) is 19.5. The van der Waals surface area contributed by atoms with E-state index >= 15 is 0 Å². The minimum Gasteiger partial charge on any atom is -0.455 e. The number of nitrogens with one attached hydrogen (secondary N) is 2. The molecule has 140 valence electrons. The normalized spacial score (nSPS) is 12.7. The number of aryl methyl sites for hydroxylation is 2. The Kier molecular flexibility index (Phi) is 4.81. The largest absolute Gasteiger partial charge is 0.455 e. The van der Waals surface area contributed by atoms with Crippen LogP contribution in [0.5, 0.6) is 11.5 Å². The fourth-order valence-electron chi connectivity index (χ4n) is 3.18. The molecule has 0 atom stereocenters. The molecule has 0 radical (unpaired) electrons. The molecule has 3 aromatic carbocycles. The molecule has 0 aromatic heterocycles. The predicted octanol–water partition coefficient (Wildman–Crippen LogP) is 4.92. The Morgan fingerprint density at radius 3 is 2.71 bits per heavy atom. The van der Waals surface area contributed by atoms with Crippen molar-refractivity contribution < 1.29 is 14.3 Å². The summed E-state index contributed by atoms with van der Waals surface area (Å²) in [6, 6.07) is 20.4. The first-order chi connectivity index (χ1) is 13.6. The Morgan fingerprint density at radius 1 is 1.00 bits per heavy atom. The molecule has 0 saturated carbocycles. The molecule has 0 spiro atoms. The van der Waals surface area contributed by atoms with Gasteiger partial charge < -0.3 is 15.4 Å². The first kappa shape index (κ1) is 17.8. The Morgan fingerprint density at radius 2 is 1.86 bits per heavy atom. The van der Waals surface area contributed by atoms with E-state index in [-0.39, 0.29) is 11.8 Å². The summed E-state index contributed by atoms with van der Waals surface area (Å²) < 4.78 is 5.97. The number of ether oxygens (including phenoxy) is 1. The van der Waals surface area contributed by atoms with Crippen LogP contribution in [-0.4, -0.2) is 11.8 Å². The maximum absolute atomic E-state index is 12.8. The summed E-state index contributed by atoms with van der Waals surface area (Å²) in [5.41, 5.74) is 3.98. The summed E-state index contributed by atoms with van der Waals surface area (Å²) in [7, 11) is 0. The van der Waals surface area contributed by atoms with Crippen LogP contribution in [0.25, 0.3) is 0 Å². The number of rotatable bonds is 4. The first-order valence-electron chi connectivity index (χ1n) is 9.16. The van der Waals surface area contributed by atoms with Crippen LogP contribution in [0, 0.1) is 6.92 Å². The van der Waals surface area contributed by atoms with Gasteiger partial charge in [-0.05, 0) is 66.9 Å². The molecule has 0 saturated heterocycles. The van der Waals surface area contributed by atoms with E-state index in [1.807, 2.05) is 61.5 Å². The molecule has 2 amide bonds. The van der Waals surface area contributed by atoms with Crippen molar-refractivity contribution in [3.63, 3.8) is 0 Å². The van der Waals surface area contributed by atoms with Crippen LogP contribution in [0.2, 0.25) is 0 Å². The fourth-order valence-corrected chi connectivity index (χ4v) is 3.18. The van der Waals surface area contributed by atoms with Gasteiger partial charge in [0.2, 0.25) is 5.91 Å². The maximum Gasteiger partial charge on any atom is 0.255 e. The second kappa shape index (κ2) is 7.56. The van der Waals surface area contributed by atoms with Gasteiger partial charge in [-0.2, -0.15) is 0 Å². The third-order valence-electron chi connectivity index (χ3n) is 4.62. The average Bonchev–Trinajstić information content (AvgIpc) is 2.69. The van der Waals surface area contributed by atoms with Crippen LogP contribution in [0.3, 0.4) is 0 Å².